The first-order valence-corrected chi connectivity index (χ1v) is 10.7. The summed E-state index contributed by atoms with van der Waals surface area (Å²) in [5.41, 5.74) is 5.17. The summed E-state index contributed by atoms with van der Waals surface area (Å²) in [5.74, 6) is 3.24. The molecule has 0 atom stereocenters. The van der Waals surface area contributed by atoms with Crippen LogP contribution in [0.25, 0.3) is 10.9 Å². The van der Waals surface area contributed by atoms with Gasteiger partial charge in [-0.2, -0.15) is 5.10 Å². The van der Waals surface area contributed by atoms with Crippen LogP contribution in [0.15, 0.2) is 24.4 Å². The van der Waals surface area contributed by atoms with E-state index in [4.69, 9.17) is 0 Å². The zero-order chi connectivity index (χ0) is 16.8. The number of benzene rings is 1. The van der Waals surface area contributed by atoms with Gasteiger partial charge >= 0.3 is 0 Å². The Morgan fingerprint density at radius 3 is 2.45 bits per heavy atom. The highest BCUT2D eigenvalue weighted by atomic mass is 28.3. The fourth-order valence-corrected chi connectivity index (χ4v) is 1.94. The second kappa shape index (κ2) is 7.28. The van der Waals surface area contributed by atoms with Crippen LogP contribution >= 0.6 is 0 Å². The minimum Gasteiger partial charge on any atom is -0.462 e. The summed E-state index contributed by atoms with van der Waals surface area (Å²) in [6.45, 7) is 12.7. The lowest BCUT2D eigenvalue weighted by Gasteiger charge is -2.14. The molecule has 0 aliphatic heterocycles. The van der Waals surface area contributed by atoms with E-state index >= 15 is 0 Å². The zero-order valence-electron chi connectivity index (χ0n) is 14.2. The Labute approximate surface area is 133 Å². The van der Waals surface area contributed by atoms with Crippen LogP contribution in [0.2, 0.25) is 19.6 Å². The highest BCUT2D eigenvalue weighted by Crippen LogP contribution is 2.12. The third-order valence-corrected chi connectivity index (χ3v) is 3.30. The lowest BCUT2D eigenvalue weighted by atomic mass is 10.2. The number of nitrogens with zero attached hydrogens (tertiary/aromatic N) is 1. The minimum atomic E-state index is -1.28. The van der Waals surface area contributed by atoms with Crippen molar-refractivity contribution in [3.8, 4) is 11.5 Å². The fourth-order valence-electron chi connectivity index (χ4n) is 1.42. The molecule has 0 bridgehead atoms. The molecule has 0 unspecified atom stereocenters. The van der Waals surface area contributed by atoms with Gasteiger partial charge in [-0.15, -0.1) is 5.54 Å². The molecular formula is C17H24N2O2Si. The van der Waals surface area contributed by atoms with Crippen molar-refractivity contribution in [1.82, 2.24) is 10.2 Å². The van der Waals surface area contributed by atoms with Crippen LogP contribution < -0.4 is 0 Å². The van der Waals surface area contributed by atoms with E-state index in [1.54, 1.807) is 0 Å². The van der Waals surface area contributed by atoms with E-state index in [1.165, 1.54) is 0 Å². The second-order valence-electron chi connectivity index (χ2n) is 7.00. The van der Waals surface area contributed by atoms with Gasteiger partial charge in [0, 0.05) is 10.9 Å². The maximum absolute atomic E-state index is 9.60. The molecule has 0 amide bonds. The number of aromatic amines is 1. The van der Waals surface area contributed by atoms with Crippen molar-refractivity contribution in [3.63, 3.8) is 0 Å². The minimum absolute atomic E-state index is 0.318. The van der Waals surface area contributed by atoms with Gasteiger partial charge in [0.2, 0.25) is 0 Å². The fraction of sp³-hybridized carbons (Fsp3) is 0.412. The molecule has 0 spiro atoms. The van der Waals surface area contributed by atoms with E-state index in [9.17, 15) is 4.79 Å². The molecule has 1 aromatic carbocycles. The molecule has 0 radical (unpaired) electrons. The average Bonchev–Trinajstić information content (AvgIpc) is 2.82. The Morgan fingerprint density at radius 2 is 1.95 bits per heavy atom. The molecule has 1 aromatic heterocycles. The molecule has 2 rings (SSSR count). The Morgan fingerprint density at radius 1 is 1.27 bits per heavy atom. The highest BCUT2D eigenvalue weighted by Gasteiger charge is 2.08. The maximum atomic E-state index is 9.60. The van der Waals surface area contributed by atoms with Crippen LogP contribution in [-0.4, -0.2) is 30.3 Å². The van der Waals surface area contributed by atoms with E-state index in [2.05, 4.69) is 52.1 Å². The molecule has 0 fully saturated rings. The first-order valence-electron chi connectivity index (χ1n) is 7.18. The number of hydrogen-bond donors (Lipinski definition) is 1. The van der Waals surface area contributed by atoms with Gasteiger partial charge in [0.1, 0.15) is 13.7 Å². The van der Waals surface area contributed by atoms with Crippen molar-refractivity contribution in [3.05, 3.63) is 30.0 Å². The van der Waals surface area contributed by atoms with Crippen molar-refractivity contribution >= 4 is 25.4 Å². The highest BCUT2D eigenvalue weighted by molar-refractivity contribution is 6.83. The number of hydrogen-bond acceptors (Lipinski definition) is 3. The van der Waals surface area contributed by atoms with Gasteiger partial charge in [-0.1, -0.05) is 25.6 Å². The van der Waals surface area contributed by atoms with E-state index in [0.717, 1.165) is 16.5 Å². The molecule has 1 N–H and O–H groups in total. The predicted molar refractivity (Wildman–Crippen MR) is 93.2 cm³/mol. The van der Waals surface area contributed by atoms with Crippen molar-refractivity contribution in [1.29, 1.82) is 0 Å². The molecule has 0 aliphatic rings. The first-order chi connectivity index (χ1) is 10.1. The van der Waals surface area contributed by atoms with Crippen molar-refractivity contribution in [2.24, 2.45) is 0 Å². The van der Waals surface area contributed by atoms with Crippen molar-refractivity contribution in [2.45, 2.75) is 46.0 Å². The number of H-pyrrole nitrogens is 1. The monoisotopic (exact) mass is 316 g/mol. The Balaban J connectivity index is 0.000000295. The van der Waals surface area contributed by atoms with Gasteiger partial charge in [0.25, 0.3) is 6.47 Å². The van der Waals surface area contributed by atoms with E-state index in [-0.39, 0.29) is 5.60 Å². The molecule has 4 nitrogen and oxygen atoms in total. The molecular weight excluding hydrogens is 292 g/mol. The summed E-state index contributed by atoms with van der Waals surface area (Å²) in [6, 6.07) is 6.14. The standard InChI is InChI=1S/C12H14N2Si.C5H10O2/c1-15(2,3)7-6-10-4-5-12-11(8-10)9-13-14-12;1-5(2,3)7-4-6/h4-5,8-9H,1-3H3,(H,13,14);4H,1-3H3. The zero-order valence-corrected chi connectivity index (χ0v) is 15.2. The number of rotatable bonds is 1. The summed E-state index contributed by atoms with van der Waals surface area (Å²) in [7, 11) is -1.28. The van der Waals surface area contributed by atoms with E-state index in [1.807, 2.05) is 39.1 Å². The quantitative estimate of drug-likeness (QED) is 0.495. The van der Waals surface area contributed by atoms with Crippen LogP contribution in [-0.2, 0) is 9.53 Å². The molecule has 118 valence electrons. The molecule has 0 aliphatic carbocycles. The molecule has 1 heterocycles. The number of carbonyl (C=O) groups is 1. The van der Waals surface area contributed by atoms with E-state index < -0.39 is 8.07 Å². The van der Waals surface area contributed by atoms with E-state index in [0.29, 0.717) is 6.47 Å². The van der Waals surface area contributed by atoms with Crippen LogP contribution in [0, 0.1) is 11.5 Å². The molecule has 22 heavy (non-hydrogen) atoms. The van der Waals surface area contributed by atoms with Gasteiger partial charge in [0.15, 0.2) is 0 Å². The van der Waals surface area contributed by atoms with Crippen LogP contribution in [0.4, 0.5) is 0 Å². The summed E-state index contributed by atoms with van der Waals surface area (Å²) in [6.07, 6.45) is 1.83. The third-order valence-electron chi connectivity index (χ3n) is 2.42. The van der Waals surface area contributed by atoms with Crippen molar-refractivity contribution < 1.29 is 9.53 Å². The van der Waals surface area contributed by atoms with Crippen LogP contribution in [0.3, 0.4) is 0 Å². The maximum Gasteiger partial charge on any atom is 0.293 e. The number of aromatic nitrogens is 2. The SMILES string of the molecule is CC(C)(C)OC=O.C[Si](C)(C)C#Cc1ccc2[nH]ncc2c1. The van der Waals surface area contributed by atoms with Crippen LogP contribution in [0.5, 0.6) is 0 Å². The van der Waals surface area contributed by atoms with Gasteiger partial charge in [-0.25, -0.2) is 0 Å². The van der Waals surface area contributed by atoms with Gasteiger partial charge in [-0.05, 0) is 39.0 Å². The van der Waals surface area contributed by atoms with Gasteiger partial charge in [-0.3, -0.25) is 9.89 Å². The Kier molecular flexibility index (Phi) is 5.95. The molecule has 5 heteroatoms. The largest absolute Gasteiger partial charge is 0.462 e. The molecule has 0 saturated heterocycles. The molecule has 0 saturated carbocycles. The lowest BCUT2D eigenvalue weighted by molar-refractivity contribution is -0.138. The number of fused-ring (bicyclic) bond motifs is 1. The average molecular weight is 316 g/mol. The Hall–Kier alpha value is -2.06. The van der Waals surface area contributed by atoms with Gasteiger partial charge in [0.05, 0.1) is 11.7 Å². The number of nitrogens with one attached hydrogen (secondary N) is 1. The smallest absolute Gasteiger partial charge is 0.293 e. The predicted octanol–water partition coefficient (Wildman–Crippen LogP) is 3.75. The summed E-state index contributed by atoms with van der Waals surface area (Å²) < 4.78 is 4.55. The molecule has 2 aromatic rings. The number of ether oxygens (including phenoxy) is 1. The van der Waals surface area contributed by atoms with Gasteiger partial charge < -0.3 is 4.74 Å². The lowest BCUT2D eigenvalue weighted by Crippen LogP contribution is -2.17. The van der Waals surface area contributed by atoms with Crippen LogP contribution in [0.1, 0.15) is 26.3 Å². The van der Waals surface area contributed by atoms with Crippen molar-refractivity contribution in [2.75, 3.05) is 0 Å². The first kappa shape index (κ1) is 18.0. The second-order valence-corrected chi connectivity index (χ2v) is 11.7. The summed E-state index contributed by atoms with van der Waals surface area (Å²) in [5, 5.41) is 8.04. The topological polar surface area (TPSA) is 55.0 Å². The summed E-state index contributed by atoms with van der Waals surface area (Å²) in [4.78, 5) is 9.60. The third kappa shape index (κ3) is 7.09. The summed E-state index contributed by atoms with van der Waals surface area (Å²) >= 11 is 0. The normalized spacial score (nSPS) is 11.0. The Bertz CT molecular complexity index is 682. The number of carbonyl (C=O) groups excluding carboxylic acids is 1.